The van der Waals surface area contributed by atoms with Crippen molar-refractivity contribution >= 4 is 0 Å². The fraction of sp³-hybridized carbons (Fsp3) is 0.294. The number of hydrogen-bond donors (Lipinski definition) is 1. The number of benzene rings is 1. The number of fused-ring (bicyclic) bond motifs is 1. The second-order valence-corrected chi connectivity index (χ2v) is 5.49. The van der Waals surface area contributed by atoms with Crippen LogP contribution in [0.15, 0.2) is 65.2 Å². The topological polar surface area (TPSA) is 41.3 Å². The van der Waals surface area contributed by atoms with Crippen molar-refractivity contribution in [2.24, 2.45) is 0 Å². The Balaban J connectivity index is 1.89. The summed E-state index contributed by atoms with van der Waals surface area (Å²) < 4.78 is 7.02. The average Bonchev–Trinajstić information content (AvgIpc) is 2.56. The summed E-state index contributed by atoms with van der Waals surface area (Å²) in [5, 5.41) is 3.34. The van der Waals surface area contributed by atoms with Gasteiger partial charge in [-0.1, -0.05) is 30.3 Å². The van der Waals surface area contributed by atoms with Crippen LogP contribution in [0.3, 0.4) is 0 Å². The van der Waals surface area contributed by atoms with E-state index in [4.69, 9.17) is 4.74 Å². The van der Waals surface area contributed by atoms with Crippen LogP contribution < -0.4 is 5.32 Å². The molecular formula is C17H17N2O2+. The molecule has 0 saturated heterocycles. The van der Waals surface area contributed by atoms with Crippen molar-refractivity contribution in [3.63, 3.8) is 0 Å². The van der Waals surface area contributed by atoms with Crippen molar-refractivity contribution in [1.82, 2.24) is 5.32 Å². The molecule has 4 rings (SSSR count). The molecule has 3 aliphatic rings. The number of nitrogens with zero attached hydrogens (tertiary/aromatic N) is 1. The van der Waals surface area contributed by atoms with Gasteiger partial charge in [0.05, 0.1) is 5.57 Å². The molecule has 4 heteroatoms. The van der Waals surface area contributed by atoms with Gasteiger partial charge in [-0.15, -0.1) is 0 Å². The van der Waals surface area contributed by atoms with Gasteiger partial charge in [-0.2, -0.15) is 0 Å². The lowest BCUT2D eigenvalue weighted by Gasteiger charge is -2.29. The molecule has 1 atom stereocenters. The molecule has 0 bridgehead atoms. The van der Waals surface area contributed by atoms with Crippen LogP contribution in [-0.2, 0) is 4.74 Å². The summed E-state index contributed by atoms with van der Waals surface area (Å²) in [4.78, 5) is 12.9. The van der Waals surface area contributed by atoms with Crippen LogP contribution in [0, 0.1) is 4.91 Å². The summed E-state index contributed by atoms with van der Waals surface area (Å²) in [6, 6.07) is 9.61. The minimum Gasteiger partial charge on any atom is -0.487 e. The first kappa shape index (κ1) is 12.4. The monoisotopic (exact) mass is 281 g/mol. The zero-order valence-electron chi connectivity index (χ0n) is 11.7. The van der Waals surface area contributed by atoms with Gasteiger partial charge in [0.1, 0.15) is 12.3 Å². The third-order valence-corrected chi connectivity index (χ3v) is 4.20. The maximum atomic E-state index is 12.9. The van der Waals surface area contributed by atoms with E-state index in [9.17, 15) is 4.91 Å². The summed E-state index contributed by atoms with van der Waals surface area (Å²) in [5.41, 5.74) is 3.68. The first-order valence-corrected chi connectivity index (χ1v) is 7.38. The lowest BCUT2D eigenvalue weighted by Crippen LogP contribution is -2.35. The molecule has 106 valence electrons. The van der Waals surface area contributed by atoms with Crippen LogP contribution in [-0.4, -0.2) is 17.9 Å². The first-order valence-electron chi connectivity index (χ1n) is 7.38. The lowest BCUT2D eigenvalue weighted by atomic mass is 9.90. The fourth-order valence-corrected chi connectivity index (χ4v) is 3.26. The Labute approximate surface area is 123 Å². The highest BCUT2D eigenvalue weighted by Gasteiger charge is 2.45. The Morgan fingerprint density at radius 1 is 1.24 bits per heavy atom. The Morgan fingerprint density at radius 3 is 2.95 bits per heavy atom. The average molecular weight is 281 g/mol. The van der Waals surface area contributed by atoms with Gasteiger partial charge in [-0.25, -0.2) is 0 Å². The molecule has 1 N–H and O–H groups in total. The Bertz CT molecular complexity index is 686. The smallest absolute Gasteiger partial charge is 0.261 e. The molecule has 1 aromatic carbocycles. The largest absolute Gasteiger partial charge is 0.487 e. The van der Waals surface area contributed by atoms with Crippen LogP contribution >= 0.6 is 0 Å². The molecule has 1 unspecified atom stereocenters. The molecule has 0 aromatic heterocycles. The highest BCUT2D eigenvalue weighted by molar-refractivity contribution is 5.46. The van der Waals surface area contributed by atoms with E-state index in [1.807, 2.05) is 42.5 Å². The van der Waals surface area contributed by atoms with E-state index in [0.29, 0.717) is 6.61 Å². The zero-order valence-corrected chi connectivity index (χ0v) is 11.7. The number of nitroso groups, excluding NO2 is 1. The first-order chi connectivity index (χ1) is 10.4. The van der Waals surface area contributed by atoms with E-state index in [2.05, 4.69) is 5.32 Å². The number of ether oxygens (including phenoxy) is 1. The predicted octanol–water partition coefficient (Wildman–Crippen LogP) is 2.96. The van der Waals surface area contributed by atoms with Gasteiger partial charge < -0.3 is 10.1 Å². The van der Waals surface area contributed by atoms with E-state index >= 15 is 0 Å². The van der Waals surface area contributed by atoms with Crippen molar-refractivity contribution < 1.29 is 9.50 Å². The third kappa shape index (κ3) is 1.90. The molecule has 0 fully saturated rings. The predicted molar refractivity (Wildman–Crippen MR) is 79.2 cm³/mol. The number of hydrogen-bond acceptors (Lipinski definition) is 3. The van der Waals surface area contributed by atoms with Crippen LogP contribution in [0.4, 0.5) is 0 Å². The quantitative estimate of drug-likeness (QED) is 0.805. The second kappa shape index (κ2) is 4.88. The van der Waals surface area contributed by atoms with E-state index < -0.39 is 0 Å². The van der Waals surface area contributed by atoms with Gasteiger partial charge in [-0.3, -0.25) is 0 Å². The number of allylic oxidation sites excluding steroid dienone is 1. The van der Waals surface area contributed by atoms with Gasteiger partial charge in [0.25, 0.3) is 11.7 Å². The molecular weight excluding hydrogens is 264 g/mol. The molecule has 21 heavy (non-hydrogen) atoms. The van der Waals surface area contributed by atoms with Crippen LogP contribution in [0.25, 0.3) is 0 Å². The van der Waals surface area contributed by atoms with Crippen molar-refractivity contribution in [1.29, 1.82) is 0 Å². The van der Waals surface area contributed by atoms with E-state index in [1.165, 1.54) is 0 Å². The van der Waals surface area contributed by atoms with Crippen molar-refractivity contribution in [2.75, 3.05) is 13.2 Å². The summed E-state index contributed by atoms with van der Waals surface area (Å²) in [6.45, 7) is 1.46. The molecule has 3 aliphatic heterocycles. The highest BCUT2D eigenvalue weighted by Crippen LogP contribution is 2.41. The van der Waals surface area contributed by atoms with E-state index in [0.717, 1.165) is 52.4 Å². The van der Waals surface area contributed by atoms with E-state index in [1.54, 1.807) is 0 Å². The second-order valence-electron chi connectivity index (χ2n) is 5.49. The summed E-state index contributed by atoms with van der Waals surface area (Å²) in [5.74, 6) is 0.855. The van der Waals surface area contributed by atoms with Crippen molar-refractivity contribution in [3.8, 4) is 0 Å². The number of nitrogens with one attached hydrogen (secondary N) is 1. The molecule has 4 nitrogen and oxygen atoms in total. The minimum absolute atomic E-state index is 0.309. The molecule has 0 saturated carbocycles. The standard InChI is InChI=1S/C17H17N2O2/c20-19-14-9-4-10-18-15(14)17-13(8-5-11-21-17)16(19)12-6-2-1-3-7-12/h1-3,5-8,16,18H,4,9-11H2/q+1. The van der Waals surface area contributed by atoms with Gasteiger partial charge in [-0.05, 0) is 18.6 Å². The minimum atomic E-state index is -0.309. The Kier molecular flexibility index (Phi) is 2.88. The Hall–Kier alpha value is -2.36. The third-order valence-electron chi connectivity index (χ3n) is 4.20. The SMILES string of the molecule is O=[N+]1C2=C(NCCC2)C2=C(C=CCO2)C1c1ccccc1. The molecule has 3 heterocycles. The fourth-order valence-electron chi connectivity index (χ4n) is 3.26. The summed E-state index contributed by atoms with van der Waals surface area (Å²) >= 11 is 0. The normalized spacial score (nSPS) is 24.2. The van der Waals surface area contributed by atoms with Crippen molar-refractivity contribution in [3.05, 3.63) is 75.7 Å². The molecule has 0 spiro atoms. The van der Waals surface area contributed by atoms with Gasteiger partial charge in [0, 0.05) is 28.2 Å². The van der Waals surface area contributed by atoms with Crippen LogP contribution in [0.2, 0.25) is 0 Å². The molecule has 0 amide bonds. The van der Waals surface area contributed by atoms with Gasteiger partial charge in [0.15, 0.2) is 5.76 Å². The lowest BCUT2D eigenvalue weighted by molar-refractivity contribution is -0.542. The summed E-state index contributed by atoms with van der Waals surface area (Å²) in [6.07, 6.45) is 5.79. The van der Waals surface area contributed by atoms with Crippen LogP contribution in [0.5, 0.6) is 0 Å². The van der Waals surface area contributed by atoms with Crippen LogP contribution in [0.1, 0.15) is 24.4 Å². The van der Waals surface area contributed by atoms with Crippen molar-refractivity contribution in [2.45, 2.75) is 18.9 Å². The number of rotatable bonds is 1. The van der Waals surface area contributed by atoms with E-state index in [-0.39, 0.29) is 6.04 Å². The molecule has 0 aliphatic carbocycles. The van der Waals surface area contributed by atoms with Gasteiger partial charge >= 0.3 is 0 Å². The highest BCUT2D eigenvalue weighted by atomic mass is 16.5. The molecule has 1 aromatic rings. The zero-order chi connectivity index (χ0) is 14.2. The maximum Gasteiger partial charge on any atom is 0.261 e. The molecule has 0 radical (unpaired) electrons. The maximum absolute atomic E-state index is 12.9. The van der Waals surface area contributed by atoms with Gasteiger partial charge in [0.2, 0.25) is 0 Å². The summed E-state index contributed by atoms with van der Waals surface area (Å²) in [7, 11) is 0. The Morgan fingerprint density at radius 2 is 2.10 bits per heavy atom.